The summed E-state index contributed by atoms with van der Waals surface area (Å²) in [6, 6.07) is 10.6. The van der Waals surface area contributed by atoms with Gasteiger partial charge in [-0.3, -0.25) is 4.79 Å². The van der Waals surface area contributed by atoms with Gasteiger partial charge in [0, 0.05) is 36.6 Å². The summed E-state index contributed by atoms with van der Waals surface area (Å²) in [7, 11) is 0. The number of benzene rings is 1. The number of nitrogens with zero attached hydrogens (tertiary/aromatic N) is 4. The van der Waals surface area contributed by atoms with Crippen molar-refractivity contribution in [2.75, 3.05) is 0 Å². The molecule has 4 rings (SSSR count). The van der Waals surface area contributed by atoms with E-state index >= 15 is 0 Å². The highest BCUT2D eigenvalue weighted by atomic mass is 16.1. The van der Waals surface area contributed by atoms with Crippen molar-refractivity contribution in [3.63, 3.8) is 0 Å². The van der Waals surface area contributed by atoms with Gasteiger partial charge in [0.2, 0.25) is 5.91 Å². The van der Waals surface area contributed by atoms with Crippen LogP contribution in [0.15, 0.2) is 49.1 Å². The second kappa shape index (κ2) is 6.78. The highest BCUT2D eigenvalue weighted by Crippen LogP contribution is 2.37. The second-order valence-electron chi connectivity index (χ2n) is 7.06. The minimum atomic E-state index is 0.0987. The highest BCUT2D eigenvalue weighted by Gasteiger charge is 2.35. The molecule has 1 aliphatic rings. The molecule has 2 heterocycles. The first-order valence-electron chi connectivity index (χ1n) is 8.98. The molecule has 1 fully saturated rings. The Kier molecular flexibility index (Phi) is 4.32. The smallest absolute Gasteiger partial charge is 0.223 e. The highest BCUT2D eigenvalue weighted by molar-refractivity contribution is 5.79. The van der Waals surface area contributed by atoms with Gasteiger partial charge in [0.15, 0.2) is 0 Å². The minimum absolute atomic E-state index is 0.0987. The van der Waals surface area contributed by atoms with Crippen molar-refractivity contribution in [3.8, 4) is 5.69 Å². The van der Waals surface area contributed by atoms with Crippen molar-refractivity contribution in [2.24, 2.45) is 5.92 Å². The quantitative estimate of drug-likeness (QED) is 0.770. The molecular weight excluding hydrogens is 326 g/mol. The fourth-order valence-electron chi connectivity index (χ4n) is 3.55. The third-order valence-electron chi connectivity index (χ3n) is 5.06. The Morgan fingerprint density at radius 1 is 1.27 bits per heavy atom. The predicted octanol–water partition coefficient (Wildman–Crippen LogP) is 2.95. The number of carbonyl (C=O) groups excluding carboxylic acids is 1. The summed E-state index contributed by atoms with van der Waals surface area (Å²) in [5, 5.41) is 7.59. The van der Waals surface area contributed by atoms with Crippen molar-refractivity contribution >= 4 is 5.91 Å². The molecule has 134 valence electrons. The van der Waals surface area contributed by atoms with E-state index in [0.29, 0.717) is 12.6 Å². The van der Waals surface area contributed by atoms with Crippen LogP contribution in [0.1, 0.15) is 35.8 Å². The number of aromatic nitrogens is 4. The Bertz CT molecular complexity index is 906. The molecule has 0 radical (unpaired) electrons. The molecule has 1 aliphatic carbocycles. The van der Waals surface area contributed by atoms with Crippen molar-refractivity contribution in [2.45, 2.75) is 39.3 Å². The van der Waals surface area contributed by atoms with Crippen LogP contribution in [0.2, 0.25) is 0 Å². The molecule has 26 heavy (non-hydrogen) atoms. The maximum atomic E-state index is 12.4. The van der Waals surface area contributed by atoms with Crippen molar-refractivity contribution in [3.05, 3.63) is 66.0 Å². The van der Waals surface area contributed by atoms with Crippen LogP contribution in [0.25, 0.3) is 5.69 Å². The van der Waals surface area contributed by atoms with Crippen molar-refractivity contribution in [1.29, 1.82) is 0 Å². The summed E-state index contributed by atoms with van der Waals surface area (Å²) >= 11 is 0. The zero-order valence-corrected chi connectivity index (χ0v) is 15.1. The van der Waals surface area contributed by atoms with Crippen LogP contribution in [0.5, 0.6) is 0 Å². The number of imidazole rings is 1. The zero-order valence-electron chi connectivity index (χ0n) is 15.1. The van der Waals surface area contributed by atoms with Gasteiger partial charge in [0.25, 0.3) is 0 Å². The first kappa shape index (κ1) is 16.6. The molecule has 1 amide bonds. The SMILES string of the molecule is Cc1cc(C)n(-c2cccc(CNC(=O)C3CC(n4ccnc4)C3)c2)n1. The van der Waals surface area contributed by atoms with Gasteiger partial charge in [-0.05, 0) is 50.5 Å². The molecule has 1 aromatic carbocycles. The van der Waals surface area contributed by atoms with Gasteiger partial charge >= 0.3 is 0 Å². The van der Waals surface area contributed by atoms with Crippen LogP contribution in [0, 0.1) is 19.8 Å². The first-order chi connectivity index (χ1) is 12.6. The van der Waals surface area contributed by atoms with Crippen LogP contribution in [-0.2, 0) is 11.3 Å². The van der Waals surface area contributed by atoms with E-state index in [-0.39, 0.29) is 11.8 Å². The summed E-state index contributed by atoms with van der Waals surface area (Å²) in [5.41, 5.74) is 4.20. The summed E-state index contributed by atoms with van der Waals surface area (Å²) < 4.78 is 4.02. The number of carbonyl (C=O) groups is 1. The maximum Gasteiger partial charge on any atom is 0.223 e. The largest absolute Gasteiger partial charge is 0.352 e. The van der Waals surface area contributed by atoms with Gasteiger partial charge in [-0.25, -0.2) is 9.67 Å². The molecule has 6 heteroatoms. The van der Waals surface area contributed by atoms with Crippen LogP contribution in [0.3, 0.4) is 0 Å². The number of amides is 1. The second-order valence-corrected chi connectivity index (χ2v) is 7.06. The van der Waals surface area contributed by atoms with Crippen LogP contribution in [0.4, 0.5) is 0 Å². The Labute approximate surface area is 152 Å². The van der Waals surface area contributed by atoms with E-state index < -0.39 is 0 Å². The predicted molar refractivity (Wildman–Crippen MR) is 98.9 cm³/mol. The fourth-order valence-corrected chi connectivity index (χ4v) is 3.55. The van der Waals surface area contributed by atoms with Crippen molar-refractivity contribution < 1.29 is 4.79 Å². The average molecular weight is 349 g/mol. The van der Waals surface area contributed by atoms with E-state index in [1.54, 1.807) is 6.20 Å². The molecule has 3 aromatic rings. The Morgan fingerprint density at radius 2 is 2.12 bits per heavy atom. The minimum Gasteiger partial charge on any atom is -0.352 e. The molecule has 0 saturated heterocycles. The lowest BCUT2D eigenvalue weighted by molar-refractivity contribution is -0.128. The molecule has 0 atom stereocenters. The topological polar surface area (TPSA) is 64.7 Å². The van der Waals surface area contributed by atoms with E-state index in [4.69, 9.17) is 0 Å². The lowest BCUT2D eigenvalue weighted by Crippen LogP contribution is -2.39. The lowest BCUT2D eigenvalue weighted by atomic mass is 9.79. The number of hydrogen-bond acceptors (Lipinski definition) is 3. The Morgan fingerprint density at radius 3 is 2.81 bits per heavy atom. The summed E-state index contributed by atoms with van der Waals surface area (Å²) in [5.74, 6) is 0.236. The molecular formula is C20H23N5O. The molecule has 0 spiro atoms. The van der Waals surface area contributed by atoms with Gasteiger partial charge in [0.05, 0.1) is 17.7 Å². The third-order valence-corrected chi connectivity index (χ3v) is 5.06. The first-order valence-corrected chi connectivity index (χ1v) is 8.98. The molecule has 6 nitrogen and oxygen atoms in total. The third kappa shape index (κ3) is 3.27. The van der Waals surface area contributed by atoms with Gasteiger partial charge in [-0.15, -0.1) is 0 Å². The van der Waals surface area contributed by atoms with Gasteiger partial charge in [-0.2, -0.15) is 5.10 Å². The van der Waals surface area contributed by atoms with E-state index in [0.717, 1.165) is 35.5 Å². The number of hydrogen-bond donors (Lipinski definition) is 1. The standard InChI is InChI=1S/C20H23N5O/c1-14-8-15(2)25(23-14)18-5-3-4-16(9-18)12-22-20(26)17-10-19(11-17)24-7-6-21-13-24/h3-9,13,17,19H,10-12H2,1-2H3,(H,22,26). The van der Waals surface area contributed by atoms with E-state index in [1.165, 1.54) is 0 Å². The number of nitrogens with one attached hydrogen (secondary N) is 1. The fraction of sp³-hybridized carbons (Fsp3) is 0.350. The van der Waals surface area contributed by atoms with Crippen LogP contribution in [-0.4, -0.2) is 25.2 Å². The van der Waals surface area contributed by atoms with E-state index in [9.17, 15) is 4.79 Å². The van der Waals surface area contributed by atoms with Crippen LogP contribution < -0.4 is 5.32 Å². The van der Waals surface area contributed by atoms with Crippen LogP contribution >= 0.6 is 0 Å². The monoisotopic (exact) mass is 349 g/mol. The Hall–Kier alpha value is -2.89. The van der Waals surface area contributed by atoms with Gasteiger partial charge in [-0.1, -0.05) is 12.1 Å². The van der Waals surface area contributed by atoms with Gasteiger partial charge in [0.1, 0.15) is 0 Å². The normalized spacial score (nSPS) is 19.2. The van der Waals surface area contributed by atoms with E-state index in [2.05, 4.69) is 32.1 Å². The molecule has 1 saturated carbocycles. The van der Waals surface area contributed by atoms with Crippen molar-refractivity contribution in [1.82, 2.24) is 24.6 Å². The summed E-state index contributed by atoms with van der Waals surface area (Å²) in [6.45, 7) is 4.57. The van der Waals surface area contributed by atoms with E-state index in [1.807, 2.05) is 49.3 Å². The Balaban J connectivity index is 1.34. The molecule has 0 bridgehead atoms. The molecule has 1 N–H and O–H groups in total. The molecule has 0 aliphatic heterocycles. The van der Waals surface area contributed by atoms with Gasteiger partial charge < -0.3 is 9.88 Å². The number of rotatable bonds is 5. The number of aryl methyl sites for hydroxylation is 2. The summed E-state index contributed by atoms with van der Waals surface area (Å²) in [6.07, 6.45) is 7.33. The average Bonchev–Trinajstić information content (AvgIpc) is 3.21. The lowest BCUT2D eigenvalue weighted by Gasteiger charge is -2.34. The summed E-state index contributed by atoms with van der Waals surface area (Å²) in [4.78, 5) is 16.4. The molecule has 2 aromatic heterocycles. The zero-order chi connectivity index (χ0) is 18.1. The maximum absolute atomic E-state index is 12.4. The molecule has 0 unspecified atom stereocenters.